The summed E-state index contributed by atoms with van der Waals surface area (Å²) in [7, 11) is 0. The van der Waals surface area contributed by atoms with Crippen LogP contribution >= 0.6 is 35.0 Å². The Kier molecular flexibility index (Phi) is 5.01. The van der Waals surface area contributed by atoms with Crippen molar-refractivity contribution in [1.82, 2.24) is 4.98 Å². The molecule has 1 aromatic carbocycles. The molecule has 0 saturated heterocycles. The van der Waals surface area contributed by atoms with Crippen molar-refractivity contribution in [2.75, 3.05) is 0 Å². The maximum atomic E-state index is 12.1. The zero-order valence-electron chi connectivity index (χ0n) is 12.3. The van der Waals surface area contributed by atoms with Crippen LogP contribution in [-0.4, -0.2) is 4.98 Å². The summed E-state index contributed by atoms with van der Waals surface area (Å²) in [6.07, 6.45) is 3.78. The smallest absolute Gasteiger partial charge is 0.267 e. The van der Waals surface area contributed by atoms with E-state index in [1.807, 2.05) is 12.1 Å². The Bertz CT molecular complexity index is 835. The van der Waals surface area contributed by atoms with Crippen LogP contribution in [0, 0.1) is 11.3 Å². The molecule has 0 saturated carbocycles. The Labute approximate surface area is 148 Å². The Morgan fingerprint density at radius 3 is 2.48 bits per heavy atom. The number of hydrogen-bond acceptors (Lipinski definition) is 3. The monoisotopic (exact) mass is 364 g/mol. The van der Waals surface area contributed by atoms with Crippen LogP contribution in [0.5, 0.6) is 0 Å². The summed E-state index contributed by atoms with van der Waals surface area (Å²) in [4.78, 5) is 15.0. The van der Waals surface area contributed by atoms with Crippen molar-refractivity contribution < 1.29 is 0 Å². The predicted octanol–water partition coefficient (Wildman–Crippen LogP) is 4.72. The lowest BCUT2D eigenvalue weighted by atomic mass is 9.90. The van der Waals surface area contributed by atoms with Crippen molar-refractivity contribution >= 4 is 35.0 Å². The minimum atomic E-state index is -0.305. The average Bonchev–Trinajstić information content (AvgIpc) is 2.54. The van der Waals surface area contributed by atoms with Crippen molar-refractivity contribution in [3.8, 4) is 6.07 Å². The molecule has 0 fully saturated rings. The Hall–Kier alpha value is -1.41. The van der Waals surface area contributed by atoms with Gasteiger partial charge in [-0.15, -0.1) is 11.8 Å². The molecule has 0 radical (unpaired) electrons. The van der Waals surface area contributed by atoms with Gasteiger partial charge in [0.15, 0.2) is 0 Å². The lowest BCUT2D eigenvalue weighted by molar-refractivity contribution is 0.663. The van der Waals surface area contributed by atoms with Crippen molar-refractivity contribution in [3.05, 3.63) is 60.9 Å². The third kappa shape index (κ3) is 3.28. The zero-order valence-corrected chi connectivity index (χ0v) is 14.6. The Morgan fingerprint density at radius 2 is 1.83 bits per heavy atom. The van der Waals surface area contributed by atoms with Gasteiger partial charge in [0.25, 0.3) is 5.56 Å². The highest BCUT2D eigenvalue weighted by atomic mass is 35.5. The number of nitrogens with one attached hydrogen (secondary N) is 1. The molecule has 0 atom stereocenters. The highest BCUT2D eigenvalue weighted by molar-refractivity contribution is 7.98. The SMILES string of the molecule is N#Cc1c2c(c(SCc3c(Cl)cccc3Cl)[nH]c1=O)CCCC2. The van der Waals surface area contributed by atoms with Crippen LogP contribution in [0.25, 0.3) is 0 Å². The molecule has 2 aromatic rings. The van der Waals surface area contributed by atoms with Gasteiger partial charge in [0, 0.05) is 15.8 Å². The fraction of sp³-hybridized carbons (Fsp3) is 0.294. The van der Waals surface area contributed by atoms with E-state index in [-0.39, 0.29) is 11.1 Å². The fourth-order valence-electron chi connectivity index (χ4n) is 2.87. The van der Waals surface area contributed by atoms with Gasteiger partial charge in [-0.2, -0.15) is 5.26 Å². The first-order valence-corrected chi connectivity index (χ1v) is 9.09. The minimum Gasteiger partial charge on any atom is -0.316 e. The number of halogens is 2. The van der Waals surface area contributed by atoms with Gasteiger partial charge in [0.1, 0.15) is 11.6 Å². The maximum absolute atomic E-state index is 12.1. The highest BCUT2D eigenvalue weighted by Crippen LogP contribution is 2.35. The first kappa shape index (κ1) is 16.4. The van der Waals surface area contributed by atoms with E-state index in [1.54, 1.807) is 12.1 Å². The highest BCUT2D eigenvalue weighted by Gasteiger charge is 2.21. The second-order valence-electron chi connectivity index (χ2n) is 5.42. The van der Waals surface area contributed by atoms with E-state index in [4.69, 9.17) is 23.2 Å². The lowest BCUT2D eigenvalue weighted by Gasteiger charge is -2.19. The third-order valence-electron chi connectivity index (χ3n) is 4.03. The quantitative estimate of drug-likeness (QED) is 0.801. The molecule has 3 rings (SSSR count). The molecular weight excluding hydrogens is 351 g/mol. The van der Waals surface area contributed by atoms with E-state index < -0.39 is 0 Å². The van der Waals surface area contributed by atoms with Gasteiger partial charge in [-0.3, -0.25) is 4.79 Å². The van der Waals surface area contributed by atoms with E-state index >= 15 is 0 Å². The number of nitrogens with zero attached hydrogens (tertiary/aromatic N) is 1. The number of nitriles is 1. The van der Waals surface area contributed by atoms with Crippen LogP contribution < -0.4 is 5.56 Å². The van der Waals surface area contributed by atoms with E-state index in [2.05, 4.69) is 4.98 Å². The molecule has 1 aliphatic rings. The molecule has 1 N–H and O–H groups in total. The van der Waals surface area contributed by atoms with Crippen LogP contribution in [0.3, 0.4) is 0 Å². The molecule has 0 unspecified atom stereocenters. The zero-order chi connectivity index (χ0) is 16.4. The summed E-state index contributed by atoms with van der Waals surface area (Å²) >= 11 is 13.9. The van der Waals surface area contributed by atoms with E-state index in [1.165, 1.54) is 11.8 Å². The molecule has 0 amide bonds. The Balaban J connectivity index is 1.97. The van der Waals surface area contributed by atoms with Crippen LogP contribution in [0.1, 0.15) is 35.1 Å². The first-order chi connectivity index (χ1) is 11.1. The van der Waals surface area contributed by atoms with Gasteiger partial charge < -0.3 is 4.98 Å². The average molecular weight is 365 g/mol. The summed E-state index contributed by atoms with van der Waals surface area (Å²) in [5, 5.41) is 11.3. The molecule has 6 heteroatoms. The largest absolute Gasteiger partial charge is 0.316 e. The second kappa shape index (κ2) is 7.00. The molecule has 1 aromatic heterocycles. The number of aromatic nitrogens is 1. The topological polar surface area (TPSA) is 56.6 Å². The number of thioether (sulfide) groups is 1. The normalized spacial score (nSPS) is 13.4. The summed E-state index contributed by atoms with van der Waals surface area (Å²) in [5.41, 5.74) is 2.83. The molecule has 0 spiro atoms. The van der Waals surface area contributed by atoms with Crippen molar-refractivity contribution in [2.24, 2.45) is 0 Å². The molecule has 23 heavy (non-hydrogen) atoms. The van der Waals surface area contributed by atoms with Gasteiger partial charge >= 0.3 is 0 Å². The van der Waals surface area contributed by atoms with E-state index in [0.717, 1.165) is 47.4 Å². The summed E-state index contributed by atoms with van der Waals surface area (Å²) < 4.78 is 0. The number of fused-ring (bicyclic) bond motifs is 1. The third-order valence-corrected chi connectivity index (χ3v) is 5.81. The summed E-state index contributed by atoms with van der Waals surface area (Å²) in [6, 6.07) is 7.47. The molecule has 0 bridgehead atoms. The molecule has 1 aliphatic carbocycles. The molecule has 3 nitrogen and oxygen atoms in total. The van der Waals surface area contributed by atoms with Crippen LogP contribution in [0.15, 0.2) is 28.0 Å². The first-order valence-electron chi connectivity index (χ1n) is 7.35. The van der Waals surface area contributed by atoms with Crippen molar-refractivity contribution in [1.29, 1.82) is 5.26 Å². The van der Waals surface area contributed by atoms with Crippen LogP contribution in [0.2, 0.25) is 10.0 Å². The van der Waals surface area contributed by atoms with Gasteiger partial charge in [0.05, 0.1) is 5.03 Å². The van der Waals surface area contributed by atoms with Crippen LogP contribution in [0.4, 0.5) is 0 Å². The maximum Gasteiger partial charge on any atom is 0.267 e. The standard InChI is InChI=1S/C17H14Cl2N2OS/c18-14-6-3-7-15(19)13(14)9-23-17-11-5-2-1-4-10(11)12(8-20)16(22)21-17/h3,6-7H,1-2,4-5,9H2,(H,21,22). The van der Waals surface area contributed by atoms with Gasteiger partial charge in [-0.25, -0.2) is 0 Å². The van der Waals surface area contributed by atoms with Crippen molar-refractivity contribution in [3.63, 3.8) is 0 Å². The van der Waals surface area contributed by atoms with Gasteiger partial charge in [-0.1, -0.05) is 29.3 Å². The Morgan fingerprint density at radius 1 is 1.17 bits per heavy atom. The molecular formula is C17H14Cl2N2OS. The van der Waals surface area contributed by atoms with Gasteiger partial charge in [0.2, 0.25) is 0 Å². The number of H-pyrrole nitrogens is 1. The van der Waals surface area contributed by atoms with Crippen molar-refractivity contribution in [2.45, 2.75) is 36.5 Å². The van der Waals surface area contributed by atoms with E-state index in [0.29, 0.717) is 15.8 Å². The number of rotatable bonds is 3. The predicted molar refractivity (Wildman–Crippen MR) is 94.4 cm³/mol. The van der Waals surface area contributed by atoms with Gasteiger partial charge in [-0.05, 0) is 54.5 Å². The number of hydrogen-bond donors (Lipinski definition) is 1. The lowest BCUT2D eigenvalue weighted by Crippen LogP contribution is -2.20. The van der Waals surface area contributed by atoms with E-state index in [9.17, 15) is 10.1 Å². The number of benzene rings is 1. The number of pyridine rings is 1. The minimum absolute atomic E-state index is 0.264. The molecule has 1 heterocycles. The number of aromatic amines is 1. The summed E-state index contributed by atoms with van der Waals surface area (Å²) in [5.74, 6) is 0.576. The molecule has 118 valence electrons. The fourth-order valence-corrected chi connectivity index (χ4v) is 4.72. The second-order valence-corrected chi connectivity index (χ2v) is 7.22. The molecule has 0 aliphatic heterocycles. The van der Waals surface area contributed by atoms with Crippen LogP contribution in [-0.2, 0) is 18.6 Å². The summed E-state index contributed by atoms with van der Waals surface area (Å²) in [6.45, 7) is 0.